The van der Waals surface area contributed by atoms with E-state index in [1.165, 1.54) is 37.2 Å². The summed E-state index contributed by atoms with van der Waals surface area (Å²) in [6.45, 7) is 1.91. The topological polar surface area (TPSA) is 21.3 Å². The van der Waals surface area contributed by atoms with Crippen molar-refractivity contribution in [1.82, 2.24) is 5.32 Å². The van der Waals surface area contributed by atoms with Crippen molar-refractivity contribution in [3.8, 4) is 0 Å². The van der Waals surface area contributed by atoms with Crippen LogP contribution in [0, 0.1) is 5.92 Å². The molecule has 106 valence electrons. The smallest absolute Gasteiger partial charge is 0.0468 e. The summed E-state index contributed by atoms with van der Waals surface area (Å²) in [6, 6.07) is 3.01. The Kier molecular flexibility index (Phi) is 4.85. The molecule has 19 heavy (non-hydrogen) atoms. The van der Waals surface area contributed by atoms with Crippen molar-refractivity contribution in [2.24, 2.45) is 5.92 Å². The van der Waals surface area contributed by atoms with Crippen molar-refractivity contribution in [2.45, 2.75) is 37.5 Å². The van der Waals surface area contributed by atoms with Gasteiger partial charge in [0, 0.05) is 34.8 Å². The fourth-order valence-electron chi connectivity index (χ4n) is 3.03. The van der Waals surface area contributed by atoms with Crippen LogP contribution in [0.25, 0.3) is 0 Å². The minimum absolute atomic E-state index is 0.545. The monoisotopic (exact) mass is 297 g/mol. The molecule has 3 rings (SSSR count). The van der Waals surface area contributed by atoms with Gasteiger partial charge in [-0.2, -0.15) is 11.8 Å². The Morgan fingerprint density at radius 1 is 1.42 bits per heavy atom. The summed E-state index contributed by atoms with van der Waals surface area (Å²) in [5, 5.41) is 3.54. The van der Waals surface area contributed by atoms with E-state index >= 15 is 0 Å². The number of nitrogens with one attached hydrogen (secondary N) is 1. The molecule has 2 nitrogen and oxygen atoms in total. The lowest BCUT2D eigenvalue weighted by atomic mass is 9.92. The number of hydrogen-bond donors (Lipinski definition) is 1. The van der Waals surface area contributed by atoms with E-state index in [9.17, 15) is 0 Å². The van der Waals surface area contributed by atoms with Crippen molar-refractivity contribution in [1.29, 1.82) is 0 Å². The molecule has 1 N–H and O–H groups in total. The van der Waals surface area contributed by atoms with Crippen LogP contribution in [0.15, 0.2) is 6.07 Å². The molecular weight excluding hydrogens is 274 g/mol. The second kappa shape index (κ2) is 6.61. The number of thiophene rings is 1. The maximum Gasteiger partial charge on any atom is 0.0468 e. The van der Waals surface area contributed by atoms with E-state index < -0.39 is 0 Å². The van der Waals surface area contributed by atoms with Crippen LogP contribution in [0.2, 0.25) is 0 Å². The molecule has 3 heterocycles. The molecule has 1 unspecified atom stereocenters. The lowest BCUT2D eigenvalue weighted by Crippen LogP contribution is -2.23. The molecule has 0 radical (unpaired) electrons. The third kappa shape index (κ3) is 3.35. The molecule has 0 spiro atoms. The van der Waals surface area contributed by atoms with Crippen molar-refractivity contribution in [3.63, 3.8) is 0 Å². The second-order valence-electron chi connectivity index (χ2n) is 5.53. The molecule has 4 heteroatoms. The van der Waals surface area contributed by atoms with Gasteiger partial charge in [-0.15, -0.1) is 11.3 Å². The first kappa shape index (κ1) is 13.9. The highest BCUT2D eigenvalue weighted by molar-refractivity contribution is 7.98. The van der Waals surface area contributed by atoms with Crippen LogP contribution in [0.3, 0.4) is 0 Å². The Balaban J connectivity index is 1.68. The third-order valence-electron chi connectivity index (χ3n) is 4.25. The summed E-state index contributed by atoms with van der Waals surface area (Å²) in [6.07, 6.45) is 5.02. The van der Waals surface area contributed by atoms with Crippen LogP contribution >= 0.6 is 23.1 Å². The Morgan fingerprint density at radius 2 is 2.26 bits per heavy atom. The van der Waals surface area contributed by atoms with E-state index in [0.29, 0.717) is 6.04 Å². The third-order valence-corrected chi connectivity index (χ3v) is 6.61. The Labute approximate surface area is 124 Å². The van der Waals surface area contributed by atoms with Crippen LogP contribution < -0.4 is 5.32 Å². The average Bonchev–Trinajstić information content (AvgIpc) is 2.89. The minimum Gasteiger partial charge on any atom is -0.381 e. The first-order valence-electron chi connectivity index (χ1n) is 7.31. The van der Waals surface area contributed by atoms with Crippen molar-refractivity contribution in [3.05, 3.63) is 21.4 Å². The van der Waals surface area contributed by atoms with Crippen molar-refractivity contribution in [2.75, 3.05) is 26.0 Å². The summed E-state index contributed by atoms with van der Waals surface area (Å²) < 4.78 is 5.47. The molecule has 1 aromatic rings. The summed E-state index contributed by atoms with van der Waals surface area (Å²) in [4.78, 5) is 3.20. The molecule has 0 bridgehead atoms. The molecule has 2 aliphatic rings. The molecule has 1 saturated heterocycles. The fraction of sp³-hybridized carbons (Fsp3) is 0.733. The van der Waals surface area contributed by atoms with Gasteiger partial charge in [-0.25, -0.2) is 0 Å². The van der Waals surface area contributed by atoms with E-state index in [-0.39, 0.29) is 0 Å². The highest BCUT2D eigenvalue weighted by atomic mass is 32.2. The maximum atomic E-state index is 5.47. The van der Waals surface area contributed by atoms with E-state index in [1.807, 2.05) is 11.3 Å². The molecule has 0 aromatic carbocycles. The van der Waals surface area contributed by atoms with Gasteiger partial charge in [0.1, 0.15) is 0 Å². The fourth-order valence-corrected chi connectivity index (χ4v) is 5.53. The maximum absolute atomic E-state index is 5.47. The standard InChI is InChI=1S/C15H23NOS2/c1-16-13(8-11-2-5-17-6-3-11)15-9-12-10-18-7-4-14(12)19-15/h9,11,13,16H,2-8,10H2,1H3. The Bertz CT molecular complexity index is 389. The first-order valence-corrected chi connectivity index (χ1v) is 9.28. The largest absolute Gasteiger partial charge is 0.381 e. The van der Waals surface area contributed by atoms with E-state index in [1.54, 1.807) is 15.3 Å². The van der Waals surface area contributed by atoms with Crippen LogP contribution in [0.1, 0.15) is 40.6 Å². The summed E-state index contributed by atoms with van der Waals surface area (Å²) in [5.74, 6) is 3.36. The number of rotatable bonds is 4. The number of ether oxygens (including phenoxy) is 1. The van der Waals surface area contributed by atoms with Crippen LogP contribution in [0.4, 0.5) is 0 Å². The molecule has 1 fully saturated rings. The lowest BCUT2D eigenvalue weighted by Gasteiger charge is -2.26. The number of fused-ring (bicyclic) bond motifs is 1. The van der Waals surface area contributed by atoms with Crippen LogP contribution in [-0.2, 0) is 16.9 Å². The normalized spacial score (nSPS) is 22.2. The zero-order chi connectivity index (χ0) is 13.1. The SMILES string of the molecule is CNC(CC1CCOCC1)c1cc2c(s1)CCSC2. The molecule has 1 atom stereocenters. The molecular formula is C15H23NOS2. The van der Waals surface area contributed by atoms with Crippen LogP contribution in [-0.4, -0.2) is 26.0 Å². The van der Waals surface area contributed by atoms with Gasteiger partial charge in [0.25, 0.3) is 0 Å². The molecule has 1 aromatic heterocycles. The molecule has 0 saturated carbocycles. The molecule has 0 amide bonds. The summed E-state index contributed by atoms with van der Waals surface area (Å²) >= 11 is 4.13. The summed E-state index contributed by atoms with van der Waals surface area (Å²) in [5.41, 5.74) is 1.60. The van der Waals surface area contributed by atoms with E-state index in [0.717, 1.165) is 19.1 Å². The lowest BCUT2D eigenvalue weighted by molar-refractivity contribution is 0.0609. The minimum atomic E-state index is 0.545. The highest BCUT2D eigenvalue weighted by Gasteiger charge is 2.22. The van der Waals surface area contributed by atoms with E-state index in [2.05, 4.69) is 30.2 Å². The van der Waals surface area contributed by atoms with E-state index in [4.69, 9.17) is 4.74 Å². The highest BCUT2D eigenvalue weighted by Crippen LogP contribution is 2.37. The number of thioether (sulfide) groups is 1. The van der Waals surface area contributed by atoms with Gasteiger partial charge < -0.3 is 10.1 Å². The quantitative estimate of drug-likeness (QED) is 0.917. The van der Waals surface area contributed by atoms with Gasteiger partial charge in [0.05, 0.1) is 0 Å². The van der Waals surface area contributed by atoms with Gasteiger partial charge in [0.15, 0.2) is 0 Å². The van der Waals surface area contributed by atoms with Crippen molar-refractivity contribution >= 4 is 23.1 Å². The van der Waals surface area contributed by atoms with Crippen LogP contribution in [0.5, 0.6) is 0 Å². The second-order valence-corrected chi connectivity index (χ2v) is 7.81. The Hall–Kier alpha value is -0.0300. The predicted octanol–water partition coefficient (Wildman–Crippen LogP) is 3.61. The molecule has 2 aliphatic heterocycles. The van der Waals surface area contributed by atoms with Crippen molar-refractivity contribution < 1.29 is 4.74 Å². The predicted molar refractivity (Wildman–Crippen MR) is 84.1 cm³/mol. The van der Waals surface area contributed by atoms with Gasteiger partial charge in [0.2, 0.25) is 0 Å². The van der Waals surface area contributed by atoms with Gasteiger partial charge in [-0.1, -0.05) is 0 Å². The molecule has 0 aliphatic carbocycles. The zero-order valence-electron chi connectivity index (χ0n) is 11.6. The summed E-state index contributed by atoms with van der Waals surface area (Å²) in [7, 11) is 2.11. The van der Waals surface area contributed by atoms with Gasteiger partial charge in [-0.05, 0) is 56.0 Å². The number of hydrogen-bond acceptors (Lipinski definition) is 4. The first-order chi connectivity index (χ1) is 9.36. The van der Waals surface area contributed by atoms with Gasteiger partial charge in [-0.3, -0.25) is 0 Å². The number of aryl methyl sites for hydroxylation is 1. The average molecular weight is 297 g/mol. The van der Waals surface area contributed by atoms with Gasteiger partial charge >= 0.3 is 0 Å². The zero-order valence-corrected chi connectivity index (χ0v) is 13.2. The Morgan fingerprint density at radius 3 is 3.00 bits per heavy atom.